The Hall–Kier alpha value is -2.29. The number of carboxylic acids is 1. The maximum atomic E-state index is 11.9. The lowest BCUT2D eigenvalue weighted by Gasteiger charge is -2.47. The molecule has 3 heteroatoms. The molecule has 1 aliphatic carbocycles. The molecule has 2 aromatic rings. The number of nitrogens with zero attached hydrogens (tertiary/aromatic N) is 1. The molecule has 3 atom stereocenters. The van der Waals surface area contributed by atoms with Gasteiger partial charge in [0.05, 0.1) is 5.41 Å². The van der Waals surface area contributed by atoms with Crippen LogP contribution in [0.4, 0.5) is 5.69 Å². The topological polar surface area (TPSA) is 40.5 Å². The van der Waals surface area contributed by atoms with Crippen LogP contribution in [0, 0.1) is 10.8 Å². The Kier molecular flexibility index (Phi) is 3.47. The van der Waals surface area contributed by atoms with Crippen LogP contribution >= 0.6 is 0 Å². The summed E-state index contributed by atoms with van der Waals surface area (Å²) in [6.45, 7) is 8.60. The summed E-state index contributed by atoms with van der Waals surface area (Å²) in [7, 11) is 0. The Morgan fingerprint density at radius 2 is 1.44 bits per heavy atom. The van der Waals surface area contributed by atoms with E-state index < -0.39 is 11.4 Å². The zero-order chi connectivity index (χ0) is 17.8. The highest BCUT2D eigenvalue weighted by Crippen LogP contribution is 2.70. The van der Waals surface area contributed by atoms with E-state index in [9.17, 15) is 9.90 Å². The van der Waals surface area contributed by atoms with Crippen molar-refractivity contribution in [3.8, 4) is 0 Å². The molecule has 2 fully saturated rings. The van der Waals surface area contributed by atoms with Crippen molar-refractivity contribution in [3.05, 3.63) is 65.7 Å². The third kappa shape index (κ3) is 2.53. The molecule has 0 aromatic heterocycles. The molecule has 4 rings (SSSR count). The average molecular weight is 335 g/mol. The van der Waals surface area contributed by atoms with Gasteiger partial charge in [-0.15, -0.1) is 0 Å². The van der Waals surface area contributed by atoms with Gasteiger partial charge in [-0.05, 0) is 35.6 Å². The Balaban J connectivity index is 1.59. The zero-order valence-electron chi connectivity index (χ0n) is 15.1. The van der Waals surface area contributed by atoms with Gasteiger partial charge in [-0.2, -0.15) is 0 Å². The minimum Gasteiger partial charge on any atom is -0.481 e. The molecule has 0 spiro atoms. The first kappa shape index (κ1) is 16.2. The molecule has 0 radical (unpaired) electrons. The maximum Gasteiger partial charge on any atom is 0.310 e. The number of rotatable bonds is 4. The van der Waals surface area contributed by atoms with E-state index in [-0.39, 0.29) is 11.8 Å². The monoisotopic (exact) mass is 335 g/mol. The van der Waals surface area contributed by atoms with E-state index in [2.05, 4.69) is 43.0 Å². The molecule has 1 saturated carbocycles. The third-order valence-corrected chi connectivity index (χ3v) is 5.99. The molecule has 1 saturated heterocycles. The fourth-order valence-corrected chi connectivity index (χ4v) is 4.58. The molecular formula is C22H25NO2. The van der Waals surface area contributed by atoms with Gasteiger partial charge in [0.1, 0.15) is 0 Å². The number of carbonyl (C=O) groups is 1. The molecule has 2 aromatic carbocycles. The minimum atomic E-state index is -0.721. The Bertz CT molecular complexity index is 789. The van der Waals surface area contributed by atoms with Gasteiger partial charge in [-0.1, -0.05) is 56.3 Å². The first-order valence-electron chi connectivity index (χ1n) is 8.96. The first-order valence-corrected chi connectivity index (χ1v) is 8.96. The molecule has 25 heavy (non-hydrogen) atoms. The quantitative estimate of drug-likeness (QED) is 0.894. The Labute approximate surface area is 149 Å². The Morgan fingerprint density at radius 1 is 0.920 bits per heavy atom. The van der Waals surface area contributed by atoms with E-state index in [1.54, 1.807) is 0 Å². The van der Waals surface area contributed by atoms with Crippen molar-refractivity contribution >= 4 is 11.7 Å². The van der Waals surface area contributed by atoms with Crippen LogP contribution in [0.2, 0.25) is 0 Å². The molecule has 2 aliphatic rings. The Morgan fingerprint density at radius 3 is 1.92 bits per heavy atom. The van der Waals surface area contributed by atoms with Crippen molar-refractivity contribution in [2.75, 3.05) is 18.0 Å². The van der Waals surface area contributed by atoms with Crippen molar-refractivity contribution in [2.24, 2.45) is 10.8 Å². The number of hydrogen-bond acceptors (Lipinski definition) is 2. The van der Waals surface area contributed by atoms with Crippen molar-refractivity contribution in [2.45, 2.75) is 32.6 Å². The summed E-state index contributed by atoms with van der Waals surface area (Å²) in [5.41, 5.74) is 3.15. The number of benzene rings is 2. The molecule has 3 unspecified atom stereocenters. The molecule has 1 N–H and O–H groups in total. The van der Waals surface area contributed by atoms with Crippen LogP contribution in [0.5, 0.6) is 0 Å². The van der Waals surface area contributed by atoms with Crippen molar-refractivity contribution in [3.63, 3.8) is 0 Å². The van der Waals surface area contributed by atoms with E-state index in [0.29, 0.717) is 5.41 Å². The first-order chi connectivity index (χ1) is 11.8. The summed E-state index contributed by atoms with van der Waals surface area (Å²) >= 11 is 0. The van der Waals surface area contributed by atoms with E-state index in [1.807, 2.05) is 37.3 Å². The highest BCUT2D eigenvalue weighted by atomic mass is 16.4. The van der Waals surface area contributed by atoms with Crippen molar-refractivity contribution < 1.29 is 9.90 Å². The predicted octanol–water partition coefficient (Wildman–Crippen LogP) is 4.50. The van der Waals surface area contributed by atoms with Gasteiger partial charge in [0, 0.05) is 30.6 Å². The second kappa shape index (κ2) is 5.35. The highest BCUT2D eigenvalue weighted by Gasteiger charge is 2.67. The van der Waals surface area contributed by atoms with Gasteiger partial charge >= 0.3 is 5.97 Å². The number of aliphatic carboxylic acids is 1. The van der Waals surface area contributed by atoms with Crippen LogP contribution in [0.3, 0.4) is 0 Å². The van der Waals surface area contributed by atoms with Crippen LogP contribution in [0.15, 0.2) is 54.6 Å². The molecule has 130 valence electrons. The normalized spacial score (nSPS) is 29.8. The summed E-state index contributed by atoms with van der Waals surface area (Å²) in [4.78, 5) is 14.3. The molecule has 1 heterocycles. The third-order valence-electron chi connectivity index (χ3n) is 5.99. The summed E-state index contributed by atoms with van der Waals surface area (Å²) < 4.78 is 0. The summed E-state index contributed by atoms with van der Waals surface area (Å²) in [6.07, 6.45) is 0. The molecule has 3 nitrogen and oxygen atoms in total. The fourth-order valence-electron chi connectivity index (χ4n) is 4.58. The number of carboxylic acid groups (broad SMARTS) is 1. The van der Waals surface area contributed by atoms with E-state index in [4.69, 9.17) is 0 Å². The number of hydrogen-bond donors (Lipinski definition) is 1. The van der Waals surface area contributed by atoms with Gasteiger partial charge in [0.25, 0.3) is 0 Å². The smallest absolute Gasteiger partial charge is 0.310 e. The molecule has 0 bridgehead atoms. The fraction of sp³-hybridized carbons (Fsp3) is 0.409. The number of anilines is 1. The lowest BCUT2D eigenvalue weighted by Crippen LogP contribution is -2.53. The summed E-state index contributed by atoms with van der Waals surface area (Å²) in [6, 6.07) is 18.6. The molecule has 1 aliphatic heterocycles. The lowest BCUT2D eigenvalue weighted by atomic mass is 9.84. The highest BCUT2D eigenvalue weighted by molar-refractivity contribution is 5.83. The van der Waals surface area contributed by atoms with Gasteiger partial charge in [-0.3, -0.25) is 4.79 Å². The largest absolute Gasteiger partial charge is 0.481 e. The van der Waals surface area contributed by atoms with Gasteiger partial charge < -0.3 is 10.0 Å². The molecule has 0 amide bonds. The van der Waals surface area contributed by atoms with Crippen LogP contribution in [0.25, 0.3) is 0 Å². The van der Waals surface area contributed by atoms with Gasteiger partial charge in [-0.25, -0.2) is 0 Å². The van der Waals surface area contributed by atoms with Crippen LogP contribution < -0.4 is 4.90 Å². The van der Waals surface area contributed by atoms with E-state index >= 15 is 0 Å². The molecular weight excluding hydrogens is 310 g/mol. The van der Waals surface area contributed by atoms with E-state index in [1.165, 1.54) is 5.69 Å². The minimum absolute atomic E-state index is 0.0364. The van der Waals surface area contributed by atoms with Crippen molar-refractivity contribution in [1.82, 2.24) is 0 Å². The second-order valence-corrected chi connectivity index (χ2v) is 8.57. The SMILES string of the molecule is CC1(C)CN(c2ccc(C3C(c4ccccc4)C3(C)C(=O)O)cc2)C1. The van der Waals surface area contributed by atoms with Gasteiger partial charge in [0.15, 0.2) is 0 Å². The summed E-state index contributed by atoms with van der Waals surface area (Å²) in [5.74, 6) is -0.630. The average Bonchev–Trinajstić information content (AvgIpc) is 3.21. The second-order valence-electron chi connectivity index (χ2n) is 8.57. The predicted molar refractivity (Wildman–Crippen MR) is 100 cm³/mol. The van der Waals surface area contributed by atoms with Crippen LogP contribution in [-0.2, 0) is 4.79 Å². The van der Waals surface area contributed by atoms with Crippen LogP contribution in [-0.4, -0.2) is 24.2 Å². The lowest BCUT2D eigenvalue weighted by molar-refractivity contribution is -0.143. The maximum absolute atomic E-state index is 11.9. The van der Waals surface area contributed by atoms with Crippen LogP contribution in [0.1, 0.15) is 43.7 Å². The van der Waals surface area contributed by atoms with Gasteiger partial charge in [0.2, 0.25) is 0 Å². The standard InChI is InChI=1S/C22H25NO2/c1-21(2)13-23(14-21)17-11-9-16(10-12-17)19-18(22(19,3)20(24)25)15-7-5-4-6-8-15/h4-12,18-19H,13-14H2,1-3H3,(H,24,25). The van der Waals surface area contributed by atoms with Crippen molar-refractivity contribution in [1.29, 1.82) is 0 Å². The van der Waals surface area contributed by atoms with E-state index in [0.717, 1.165) is 24.2 Å². The summed E-state index contributed by atoms with van der Waals surface area (Å²) in [5, 5.41) is 9.82. The zero-order valence-corrected chi connectivity index (χ0v) is 15.1.